The van der Waals surface area contributed by atoms with Crippen LogP contribution in [0.25, 0.3) is 0 Å². The zero-order chi connectivity index (χ0) is 11.4. The second-order valence-corrected chi connectivity index (χ2v) is 4.83. The summed E-state index contributed by atoms with van der Waals surface area (Å²) in [5.41, 5.74) is 0.527. The maximum atomic E-state index is 13.4. The molecule has 1 rings (SSSR count). The van der Waals surface area contributed by atoms with Crippen LogP contribution in [0.1, 0.15) is 12.5 Å². The summed E-state index contributed by atoms with van der Waals surface area (Å²) in [7, 11) is 1.89. The minimum absolute atomic E-state index is 0.0422. The first-order valence-corrected chi connectivity index (χ1v) is 5.57. The summed E-state index contributed by atoms with van der Waals surface area (Å²) < 4.78 is 13.4. The molecule has 1 nitrogen and oxygen atoms in total. The molecule has 0 saturated heterocycles. The summed E-state index contributed by atoms with van der Waals surface area (Å²) in [5, 5.41) is 0.504. The first-order valence-electron chi connectivity index (χ1n) is 4.76. The zero-order valence-electron chi connectivity index (χ0n) is 8.80. The van der Waals surface area contributed by atoms with E-state index in [1.54, 1.807) is 12.1 Å². The lowest BCUT2D eigenvalue weighted by Gasteiger charge is -2.18. The molecule has 1 aromatic rings. The molecule has 0 bridgehead atoms. The smallest absolute Gasteiger partial charge is 0.129 e. The van der Waals surface area contributed by atoms with E-state index in [1.807, 2.05) is 18.9 Å². The van der Waals surface area contributed by atoms with Crippen molar-refractivity contribution < 1.29 is 4.39 Å². The van der Waals surface area contributed by atoms with Crippen molar-refractivity contribution in [3.63, 3.8) is 0 Å². The summed E-state index contributed by atoms with van der Waals surface area (Å²) >= 11 is 11.8. The second kappa shape index (κ2) is 5.69. The predicted octanol–water partition coefficient (Wildman–Crippen LogP) is 3.54. The quantitative estimate of drug-likeness (QED) is 0.739. The van der Waals surface area contributed by atoms with E-state index in [-0.39, 0.29) is 11.2 Å². The summed E-state index contributed by atoms with van der Waals surface area (Å²) in [6.45, 7) is 3.08. The molecule has 4 heteroatoms. The van der Waals surface area contributed by atoms with Gasteiger partial charge >= 0.3 is 0 Å². The molecule has 0 amide bonds. The van der Waals surface area contributed by atoms with Crippen molar-refractivity contribution in [2.75, 3.05) is 13.6 Å². The van der Waals surface area contributed by atoms with Crippen molar-refractivity contribution in [3.05, 3.63) is 34.6 Å². The minimum Gasteiger partial charge on any atom is -0.300 e. The Morgan fingerprint density at radius 2 is 2.13 bits per heavy atom. The van der Waals surface area contributed by atoms with Crippen LogP contribution in [0.5, 0.6) is 0 Å². The van der Waals surface area contributed by atoms with E-state index in [0.717, 1.165) is 0 Å². The first kappa shape index (κ1) is 12.8. The van der Waals surface area contributed by atoms with E-state index >= 15 is 0 Å². The predicted molar refractivity (Wildman–Crippen MR) is 63.1 cm³/mol. The van der Waals surface area contributed by atoms with Crippen molar-refractivity contribution in [1.29, 1.82) is 0 Å². The van der Waals surface area contributed by atoms with Gasteiger partial charge in [-0.05, 0) is 26.1 Å². The summed E-state index contributed by atoms with van der Waals surface area (Å²) in [4.78, 5) is 1.95. The summed E-state index contributed by atoms with van der Waals surface area (Å²) in [5.74, 6) is -0.267. The standard InChI is InChI=1S/C11H14Cl2FN/c1-8(12)6-15(2)7-9-10(13)4-3-5-11(9)14/h3-5,8H,6-7H2,1-2H3. The van der Waals surface area contributed by atoms with Gasteiger partial charge in [0.2, 0.25) is 0 Å². The lowest BCUT2D eigenvalue weighted by atomic mass is 10.2. The highest BCUT2D eigenvalue weighted by atomic mass is 35.5. The van der Waals surface area contributed by atoms with Crippen molar-refractivity contribution in [2.45, 2.75) is 18.8 Å². The molecule has 1 atom stereocenters. The number of alkyl halides is 1. The topological polar surface area (TPSA) is 3.24 Å². The van der Waals surface area contributed by atoms with Gasteiger partial charge in [0.15, 0.2) is 0 Å². The molecule has 0 saturated carbocycles. The highest BCUT2D eigenvalue weighted by molar-refractivity contribution is 6.31. The third-order valence-electron chi connectivity index (χ3n) is 2.05. The average molecular weight is 250 g/mol. The van der Waals surface area contributed by atoms with E-state index < -0.39 is 0 Å². The van der Waals surface area contributed by atoms with Gasteiger partial charge in [0, 0.05) is 29.1 Å². The number of halogens is 3. The summed E-state index contributed by atoms with van der Waals surface area (Å²) in [6, 6.07) is 4.71. The largest absolute Gasteiger partial charge is 0.300 e. The molecule has 15 heavy (non-hydrogen) atoms. The van der Waals surface area contributed by atoms with Gasteiger partial charge in [-0.1, -0.05) is 17.7 Å². The molecule has 1 aromatic carbocycles. The Kier molecular flexibility index (Phi) is 4.84. The maximum absolute atomic E-state index is 13.4. The van der Waals surface area contributed by atoms with E-state index in [1.165, 1.54) is 6.07 Å². The molecule has 1 unspecified atom stereocenters. The van der Waals surface area contributed by atoms with Crippen LogP contribution in [0.15, 0.2) is 18.2 Å². The van der Waals surface area contributed by atoms with Crippen LogP contribution in [-0.4, -0.2) is 23.9 Å². The van der Waals surface area contributed by atoms with Crippen molar-refractivity contribution in [2.24, 2.45) is 0 Å². The van der Waals surface area contributed by atoms with Crippen LogP contribution in [0.4, 0.5) is 4.39 Å². The van der Waals surface area contributed by atoms with Gasteiger partial charge in [0.25, 0.3) is 0 Å². The lowest BCUT2D eigenvalue weighted by molar-refractivity contribution is 0.324. The summed E-state index contributed by atoms with van der Waals surface area (Å²) in [6.07, 6.45) is 0. The van der Waals surface area contributed by atoms with Gasteiger partial charge < -0.3 is 4.90 Å². The minimum atomic E-state index is -0.267. The van der Waals surface area contributed by atoms with Gasteiger partial charge in [-0.3, -0.25) is 0 Å². The van der Waals surface area contributed by atoms with E-state index in [0.29, 0.717) is 23.7 Å². The third kappa shape index (κ3) is 3.98. The fraction of sp³-hybridized carbons (Fsp3) is 0.455. The van der Waals surface area contributed by atoms with E-state index in [2.05, 4.69) is 0 Å². The molecule has 0 N–H and O–H groups in total. The molecule has 84 valence electrons. The Hall–Kier alpha value is -0.310. The molecule has 0 aromatic heterocycles. The Labute approximate surface area is 99.8 Å². The van der Waals surface area contributed by atoms with E-state index in [9.17, 15) is 4.39 Å². The second-order valence-electron chi connectivity index (χ2n) is 3.68. The Morgan fingerprint density at radius 1 is 1.47 bits per heavy atom. The fourth-order valence-electron chi connectivity index (χ4n) is 1.45. The number of hydrogen-bond donors (Lipinski definition) is 0. The molecular weight excluding hydrogens is 236 g/mol. The normalized spacial score (nSPS) is 13.2. The van der Waals surface area contributed by atoms with Gasteiger partial charge in [0.1, 0.15) is 5.82 Å². The van der Waals surface area contributed by atoms with Crippen molar-refractivity contribution in [1.82, 2.24) is 4.90 Å². The van der Waals surface area contributed by atoms with Crippen LogP contribution in [-0.2, 0) is 6.54 Å². The lowest BCUT2D eigenvalue weighted by Crippen LogP contribution is -2.24. The maximum Gasteiger partial charge on any atom is 0.129 e. The van der Waals surface area contributed by atoms with Crippen molar-refractivity contribution >= 4 is 23.2 Å². The Bertz CT molecular complexity index is 308. The molecule has 0 radical (unpaired) electrons. The number of hydrogen-bond acceptors (Lipinski definition) is 1. The van der Waals surface area contributed by atoms with E-state index in [4.69, 9.17) is 23.2 Å². The van der Waals surface area contributed by atoms with Crippen LogP contribution in [0.2, 0.25) is 5.02 Å². The van der Waals surface area contributed by atoms with Gasteiger partial charge in [0.05, 0.1) is 0 Å². The van der Waals surface area contributed by atoms with Gasteiger partial charge in [-0.25, -0.2) is 4.39 Å². The molecule has 0 aliphatic carbocycles. The highest BCUT2D eigenvalue weighted by Gasteiger charge is 2.10. The van der Waals surface area contributed by atoms with Crippen LogP contribution >= 0.6 is 23.2 Å². The molecular formula is C11H14Cl2FN. The van der Waals surface area contributed by atoms with Crippen LogP contribution in [0.3, 0.4) is 0 Å². The van der Waals surface area contributed by atoms with Crippen LogP contribution in [0, 0.1) is 5.82 Å². The Morgan fingerprint density at radius 3 is 2.67 bits per heavy atom. The van der Waals surface area contributed by atoms with Gasteiger partial charge in [-0.2, -0.15) is 0 Å². The number of rotatable bonds is 4. The zero-order valence-corrected chi connectivity index (χ0v) is 10.3. The molecule has 0 heterocycles. The molecule has 0 spiro atoms. The molecule has 0 fully saturated rings. The van der Waals surface area contributed by atoms with Crippen molar-refractivity contribution in [3.8, 4) is 0 Å². The first-order chi connectivity index (χ1) is 7.00. The Balaban J connectivity index is 2.71. The monoisotopic (exact) mass is 249 g/mol. The highest BCUT2D eigenvalue weighted by Crippen LogP contribution is 2.20. The van der Waals surface area contributed by atoms with Crippen LogP contribution < -0.4 is 0 Å². The SMILES string of the molecule is CC(Cl)CN(C)Cc1c(F)cccc1Cl. The molecule has 0 aliphatic heterocycles. The third-order valence-corrected chi connectivity index (χ3v) is 2.55. The van der Waals surface area contributed by atoms with Gasteiger partial charge in [-0.15, -0.1) is 11.6 Å². The number of nitrogens with zero attached hydrogens (tertiary/aromatic N) is 1. The molecule has 0 aliphatic rings. The number of benzene rings is 1. The average Bonchev–Trinajstić information content (AvgIpc) is 2.10. The fourth-order valence-corrected chi connectivity index (χ4v) is 1.91.